The van der Waals surface area contributed by atoms with Gasteiger partial charge in [0.15, 0.2) is 18.3 Å². The Morgan fingerprint density at radius 1 is 1.19 bits per heavy atom. The largest absolute Gasteiger partial charge is 0.462 e. The maximum Gasteiger partial charge on any atom is 0.331 e. The van der Waals surface area contributed by atoms with Crippen molar-refractivity contribution in [2.45, 2.75) is 39.1 Å². The molecule has 0 saturated heterocycles. The fourth-order valence-corrected chi connectivity index (χ4v) is 1.72. The molecule has 0 bridgehead atoms. The van der Waals surface area contributed by atoms with E-state index in [0.717, 1.165) is 13.0 Å². The molecule has 0 N–H and O–H groups in total. The van der Waals surface area contributed by atoms with Gasteiger partial charge in [-0.1, -0.05) is 0 Å². The van der Waals surface area contributed by atoms with E-state index in [1.54, 1.807) is 0 Å². The van der Waals surface area contributed by atoms with Gasteiger partial charge < -0.3 is 18.9 Å². The van der Waals surface area contributed by atoms with Crippen LogP contribution in [0.1, 0.15) is 20.8 Å². The van der Waals surface area contributed by atoms with Crippen molar-refractivity contribution in [1.82, 2.24) is 0 Å². The predicted octanol–water partition coefficient (Wildman–Crippen LogP) is -0.106. The summed E-state index contributed by atoms with van der Waals surface area (Å²) in [5.74, 6) is -2.52. The molecule has 116 valence electrons. The second kappa shape index (κ2) is 7.41. The molecule has 0 fully saturated rings. The van der Waals surface area contributed by atoms with E-state index in [4.69, 9.17) is 18.9 Å². The molecule has 0 amide bonds. The van der Waals surface area contributed by atoms with Crippen LogP contribution in [0.2, 0.25) is 0 Å². The van der Waals surface area contributed by atoms with Crippen LogP contribution in [0.25, 0.3) is 0 Å². The van der Waals surface area contributed by atoms with Crippen molar-refractivity contribution in [2.24, 2.45) is 0 Å². The SMILES string of the molecule is CC(=O)OC[C@@H](OC(C)=O)[C@H]1OC(=O)C=C[C@H]1OC(C)=O. The van der Waals surface area contributed by atoms with E-state index < -0.39 is 42.2 Å². The molecule has 8 nitrogen and oxygen atoms in total. The maximum atomic E-state index is 11.3. The van der Waals surface area contributed by atoms with Crippen LogP contribution in [0.5, 0.6) is 0 Å². The van der Waals surface area contributed by atoms with E-state index in [1.165, 1.54) is 19.9 Å². The van der Waals surface area contributed by atoms with Gasteiger partial charge in [-0.05, 0) is 6.08 Å². The van der Waals surface area contributed by atoms with Crippen LogP contribution < -0.4 is 0 Å². The first-order valence-electron chi connectivity index (χ1n) is 6.16. The summed E-state index contributed by atoms with van der Waals surface area (Å²) < 4.78 is 19.8. The first-order chi connectivity index (χ1) is 9.79. The minimum absolute atomic E-state index is 0.321. The van der Waals surface area contributed by atoms with Gasteiger partial charge in [-0.25, -0.2) is 4.79 Å². The van der Waals surface area contributed by atoms with Gasteiger partial charge in [0.05, 0.1) is 0 Å². The molecule has 0 spiro atoms. The molecular formula is C13H16O8. The first-order valence-corrected chi connectivity index (χ1v) is 6.16. The van der Waals surface area contributed by atoms with Gasteiger partial charge in [0.1, 0.15) is 6.61 Å². The molecule has 0 aromatic rings. The molecule has 1 aliphatic heterocycles. The Balaban J connectivity index is 2.90. The molecule has 21 heavy (non-hydrogen) atoms. The predicted molar refractivity (Wildman–Crippen MR) is 66.8 cm³/mol. The summed E-state index contributed by atoms with van der Waals surface area (Å²) in [6.45, 7) is 3.20. The number of hydrogen-bond donors (Lipinski definition) is 0. The Bertz CT molecular complexity index is 467. The number of esters is 4. The summed E-state index contributed by atoms with van der Waals surface area (Å²) in [6.07, 6.45) is -0.678. The Kier molecular flexibility index (Phi) is 5.89. The van der Waals surface area contributed by atoms with E-state index in [1.807, 2.05) is 0 Å². The van der Waals surface area contributed by atoms with Crippen molar-refractivity contribution in [3.05, 3.63) is 12.2 Å². The second-order valence-corrected chi connectivity index (χ2v) is 4.29. The van der Waals surface area contributed by atoms with Crippen molar-refractivity contribution in [1.29, 1.82) is 0 Å². The number of ether oxygens (including phenoxy) is 4. The van der Waals surface area contributed by atoms with Gasteiger partial charge in [0.2, 0.25) is 0 Å². The lowest BCUT2D eigenvalue weighted by molar-refractivity contribution is -0.185. The second-order valence-electron chi connectivity index (χ2n) is 4.29. The normalized spacial score (nSPS) is 22.0. The first kappa shape index (κ1) is 16.7. The number of rotatable bonds is 5. The lowest BCUT2D eigenvalue weighted by Crippen LogP contribution is -2.48. The molecule has 0 saturated carbocycles. The van der Waals surface area contributed by atoms with Crippen LogP contribution in [0, 0.1) is 0 Å². The van der Waals surface area contributed by atoms with E-state index >= 15 is 0 Å². The topological polar surface area (TPSA) is 105 Å². The third kappa shape index (κ3) is 5.64. The van der Waals surface area contributed by atoms with Crippen molar-refractivity contribution >= 4 is 23.9 Å². The third-order valence-electron chi connectivity index (χ3n) is 2.43. The average Bonchev–Trinajstić information content (AvgIpc) is 2.35. The molecule has 0 aliphatic carbocycles. The summed E-state index contributed by atoms with van der Waals surface area (Å²) >= 11 is 0. The van der Waals surface area contributed by atoms with Gasteiger partial charge in [-0.3, -0.25) is 14.4 Å². The van der Waals surface area contributed by atoms with E-state index in [0.29, 0.717) is 0 Å². The monoisotopic (exact) mass is 300 g/mol. The number of carbonyl (C=O) groups is 4. The number of carbonyl (C=O) groups excluding carboxylic acids is 4. The molecule has 0 aromatic heterocycles. The van der Waals surface area contributed by atoms with Crippen LogP contribution in [0.15, 0.2) is 12.2 Å². The van der Waals surface area contributed by atoms with Crippen LogP contribution in [-0.4, -0.2) is 48.8 Å². The van der Waals surface area contributed by atoms with Crippen LogP contribution in [-0.2, 0) is 38.1 Å². The van der Waals surface area contributed by atoms with Crippen molar-refractivity contribution in [2.75, 3.05) is 6.61 Å². The number of hydrogen-bond acceptors (Lipinski definition) is 8. The highest BCUT2D eigenvalue weighted by Gasteiger charge is 2.38. The summed E-state index contributed by atoms with van der Waals surface area (Å²) in [5.41, 5.74) is 0. The lowest BCUT2D eigenvalue weighted by atomic mass is 10.1. The highest BCUT2D eigenvalue weighted by atomic mass is 16.6. The zero-order chi connectivity index (χ0) is 16.0. The van der Waals surface area contributed by atoms with E-state index in [9.17, 15) is 19.2 Å². The Morgan fingerprint density at radius 3 is 2.38 bits per heavy atom. The van der Waals surface area contributed by atoms with Gasteiger partial charge in [0, 0.05) is 26.8 Å². The molecule has 0 radical (unpaired) electrons. The van der Waals surface area contributed by atoms with Crippen molar-refractivity contribution < 1.29 is 38.1 Å². The minimum Gasteiger partial charge on any atom is -0.462 e. The number of cyclic esters (lactones) is 1. The van der Waals surface area contributed by atoms with Gasteiger partial charge >= 0.3 is 23.9 Å². The average molecular weight is 300 g/mol. The Labute approximate surface area is 121 Å². The fraction of sp³-hybridized carbons (Fsp3) is 0.538. The zero-order valence-electron chi connectivity index (χ0n) is 11.9. The van der Waals surface area contributed by atoms with Crippen molar-refractivity contribution in [3.8, 4) is 0 Å². The summed E-state index contributed by atoms with van der Waals surface area (Å²) in [6, 6.07) is 0. The molecule has 1 rings (SSSR count). The van der Waals surface area contributed by atoms with Crippen LogP contribution >= 0.6 is 0 Å². The Morgan fingerprint density at radius 2 is 1.86 bits per heavy atom. The van der Waals surface area contributed by atoms with Gasteiger partial charge in [-0.2, -0.15) is 0 Å². The quantitative estimate of drug-likeness (QED) is 0.511. The maximum absolute atomic E-state index is 11.3. The summed E-state index contributed by atoms with van der Waals surface area (Å²) in [7, 11) is 0. The van der Waals surface area contributed by atoms with E-state index in [2.05, 4.69) is 0 Å². The zero-order valence-corrected chi connectivity index (χ0v) is 11.9. The molecule has 3 atom stereocenters. The standard InChI is InChI=1S/C13H16O8/c1-7(14)18-6-11(20-9(3)16)13-10(19-8(2)15)4-5-12(17)21-13/h4-5,10-11,13H,6H2,1-3H3/t10-,11-,13+/m1/s1. The van der Waals surface area contributed by atoms with E-state index in [-0.39, 0.29) is 6.61 Å². The fourth-order valence-electron chi connectivity index (χ4n) is 1.72. The smallest absolute Gasteiger partial charge is 0.331 e. The summed E-state index contributed by atoms with van der Waals surface area (Å²) in [4.78, 5) is 44.4. The van der Waals surface area contributed by atoms with Crippen LogP contribution in [0.3, 0.4) is 0 Å². The molecule has 8 heteroatoms. The van der Waals surface area contributed by atoms with Gasteiger partial charge in [-0.15, -0.1) is 0 Å². The summed E-state index contributed by atoms with van der Waals surface area (Å²) in [5, 5.41) is 0. The highest BCUT2D eigenvalue weighted by Crippen LogP contribution is 2.19. The highest BCUT2D eigenvalue weighted by molar-refractivity contribution is 5.83. The van der Waals surface area contributed by atoms with Crippen molar-refractivity contribution in [3.63, 3.8) is 0 Å². The third-order valence-corrected chi connectivity index (χ3v) is 2.43. The molecule has 1 heterocycles. The molecule has 0 aromatic carbocycles. The lowest BCUT2D eigenvalue weighted by Gasteiger charge is -2.32. The Hall–Kier alpha value is -2.38. The van der Waals surface area contributed by atoms with Crippen LogP contribution in [0.4, 0.5) is 0 Å². The molecule has 0 unspecified atom stereocenters. The van der Waals surface area contributed by atoms with Gasteiger partial charge in [0.25, 0.3) is 0 Å². The minimum atomic E-state index is -1.09. The molecule has 1 aliphatic rings. The molecular weight excluding hydrogens is 284 g/mol.